The number of imidazole rings is 1. The maximum atomic E-state index is 4.86. The van der Waals surface area contributed by atoms with Crippen LogP contribution in [0.25, 0.3) is 16.9 Å². The minimum Gasteiger partial charge on any atom is -0.374 e. The zero-order valence-corrected chi connectivity index (χ0v) is 11.7. The van der Waals surface area contributed by atoms with Gasteiger partial charge in [-0.1, -0.05) is 31.2 Å². The van der Waals surface area contributed by atoms with E-state index in [9.17, 15) is 0 Å². The summed E-state index contributed by atoms with van der Waals surface area (Å²) in [6, 6.07) is 14.6. The fourth-order valence-corrected chi connectivity index (χ4v) is 3.12. The summed E-state index contributed by atoms with van der Waals surface area (Å²) in [7, 11) is 0. The van der Waals surface area contributed by atoms with Crippen molar-refractivity contribution in [3.05, 3.63) is 54.4 Å². The number of fused-ring (bicyclic) bond motifs is 5. The molecule has 1 unspecified atom stereocenters. The zero-order valence-electron chi connectivity index (χ0n) is 11.7. The first-order valence-corrected chi connectivity index (χ1v) is 7.08. The topological polar surface area (TPSA) is 29.3 Å². The van der Waals surface area contributed by atoms with Crippen molar-refractivity contribution in [2.75, 3.05) is 5.32 Å². The minimum atomic E-state index is -0.0928. The first kappa shape index (κ1) is 11.5. The van der Waals surface area contributed by atoms with Gasteiger partial charge in [0.2, 0.25) is 0 Å². The molecule has 0 bridgehead atoms. The minimum absolute atomic E-state index is 0.0928. The molecule has 2 aromatic heterocycles. The Bertz CT molecular complexity index is 803. The summed E-state index contributed by atoms with van der Waals surface area (Å²) in [5.41, 5.74) is 5.65. The molecule has 100 valence electrons. The summed E-state index contributed by atoms with van der Waals surface area (Å²) in [5.74, 6) is 0. The van der Waals surface area contributed by atoms with Gasteiger partial charge >= 0.3 is 0 Å². The van der Waals surface area contributed by atoms with Crippen LogP contribution in [0.1, 0.15) is 26.0 Å². The van der Waals surface area contributed by atoms with Crippen molar-refractivity contribution in [3.8, 4) is 11.3 Å². The Kier molecular flexibility index (Phi) is 2.22. The summed E-state index contributed by atoms with van der Waals surface area (Å²) < 4.78 is 2.21. The molecule has 1 N–H and O–H groups in total. The third-order valence-electron chi connectivity index (χ3n) is 4.35. The standard InChI is InChI=1S/C17H17N3/c1-3-17(2)16-15(12-8-4-5-9-13(12)19-17)18-14-10-6-7-11-20(14)16/h4-11,19H,3H2,1-2H3. The normalized spacial score (nSPS) is 20.3. The lowest BCUT2D eigenvalue weighted by atomic mass is 9.86. The molecule has 0 amide bonds. The molecule has 0 radical (unpaired) electrons. The number of rotatable bonds is 1. The van der Waals surface area contributed by atoms with Gasteiger partial charge in [0, 0.05) is 17.4 Å². The smallest absolute Gasteiger partial charge is 0.137 e. The highest BCUT2D eigenvalue weighted by molar-refractivity contribution is 5.83. The van der Waals surface area contributed by atoms with Gasteiger partial charge in [0.05, 0.1) is 16.9 Å². The number of pyridine rings is 1. The Morgan fingerprint density at radius 2 is 1.95 bits per heavy atom. The van der Waals surface area contributed by atoms with Crippen LogP contribution in [0.3, 0.4) is 0 Å². The van der Waals surface area contributed by atoms with Gasteiger partial charge in [-0.15, -0.1) is 0 Å². The van der Waals surface area contributed by atoms with E-state index in [1.165, 1.54) is 16.9 Å². The molecule has 3 heterocycles. The Labute approximate surface area is 118 Å². The molecule has 1 aliphatic rings. The molecule has 0 spiro atoms. The van der Waals surface area contributed by atoms with Crippen LogP contribution in [0.5, 0.6) is 0 Å². The zero-order chi connectivity index (χ0) is 13.7. The molecule has 0 fully saturated rings. The quantitative estimate of drug-likeness (QED) is 0.717. The van der Waals surface area contributed by atoms with E-state index in [1.54, 1.807) is 0 Å². The van der Waals surface area contributed by atoms with Crippen LogP contribution in [0.2, 0.25) is 0 Å². The van der Waals surface area contributed by atoms with E-state index in [4.69, 9.17) is 4.98 Å². The third-order valence-corrected chi connectivity index (χ3v) is 4.35. The molecule has 0 saturated carbocycles. The van der Waals surface area contributed by atoms with Crippen LogP contribution in [0.15, 0.2) is 48.7 Å². The molecule has 1 atom stereocenters. The van der Waals surface area contributed by atoms with E-state index >= 15 is 0 Å². The van der Waals surface area contributed by atoms with Crippen molar-refractivity contribution in [2.24, 2.45) is 0 Å². The number of hydrogen-bond donors (Lipinski definition) is 1. The number of hydrogen-bond acceptors (Lipinski definition) is 2. The van der Waals surface area contributed by atoms with E-state index in [1.807, 2.05) is 6.07 Å². The SMILES string of the molecule is CCC1(C)Nc2ccccc2-c2nc3ccccn3c21. The van der Waals surface area contributed by atoms with Gasteiger partial charge in [-0.05, 0) is 31.5 Å². The second-order valence-electron chi connectivity index (χ2n) is 5.59. The lowest BCUT2D eigenvalue weighted by molar-refractivity contribution is 0.500. The number of nitrogens with zero attached hydrogens (tertiary/aromatic N) is 2. The first-order valence-electron chi connectivity index (χ1n) is 7.08. The van der Waals surface area contributed by atoms with Crippen molar-refractivity contribution in [2.45, 2.75) is 25.8 Å². The van der Waals surface area contributed by atoms with Gasteiger partial charge < -0.3 is 9.72 Å². The second kappa shape index (κ2) is 3.85. The number of aromatic nitrogens is 2. The molecule has 0 aliphatic carbocycles. The van der Waals surface area contributed by atoms with Crippen LogP contribution < -0.4 is 5.32 Å². The number of anilines is 1. The highest BCUT2D eigenvalue weighted by Crippen LogP contribution is 2.44. The highest BCUT2D eigenvalue weighted by Gasteiger charge is 2.36. The predicted octanol–water partition coefficient (Wildman–Crippen LogP) is 4.05. The van der Waals surface area contributed by atoms with Gasteiger partial charge in [-0.2, -0.15) is 0 Å². The van der Waals surface area contributed by atoms with Gasteiger partial charge in [0.25, 0.3) is 0 Å². The molecule has 3 nitrogen and oxygen atoms in total. The molecular formula is C17H17N3. The average molecular weight is 263 g/mol. The summed E-state index contributed by atoms with van der Waals surface area (Å²) in [6.45, 7) is 4.47. The maximum Gasteiger partial charge on any atom is 0.137 e. The van der Waals surface area contributed by atoms with Crippen LogP contribution in [-0.2, 0) is 5.54 Å². The molecule has 4 rings (SSSR count). The average Bonchev–Trinajstić information content (AvgIpc) is 2.88. The largest absolute Gasteiger partial charge is 0.374 e. The number of nitrogens with one attached hydrogen (secondary N) is 1. The fourth-order valence-electron chi connectivity index (χ4n) is 3.12. The maximum absolute atomic E-state index is 4.86. The summed E-state index contributed by atoms with van der Waals surface area (Å²) in [5, 5.41) is 3.70. The Morgan fingerprint density at radius 1 is 1.15 bits per heavy atom. The van der Waals surface area contributed by atoms with E-state index in [2.05, 4.69) is 66.2 Å². The molecular weight excluding hydrogens is 246 g/mol. The van der Waals surface area contributed by atoms with E-state index in [0.29, 0.717) is 0 Å². The van der Waals surface area contributed by atoms with Crippen LogP contribution in [0.4, 0.5) is 5.69 Å². The summed E-state index contributed by atoms with van der Waals surface area (Å²) in [6.07, 6.45) is 3.11. The molecule has 3 aromatic rings. The number of benzene rings is 1. The highest BCUT2D eigenvalue weighted by atomic mass is 15.1. The molecule has 1 aromatic carbocycles. The Morgan fingerprint density at radius 3 is 2.80 bits per heavy atom. The number of para-hydroxylation sites is 1. The Hall–Kier alpha value is -2.29. The third kappa shape index (κ3) is 1.38. The monoisotopic (exact) mass is 263 g/mol. The molecule has 1 aliphatic heterocycles. The molecule has 0 saturated heterocycles. The Balaban J connectivity index is 2.14. The fraction of sp³-hybridized carbons (Fsp3) is 0.235. The van der Waals surface area contributed by atoms with Gasteiger partial charge in [0.15, 0.2) is 0 Å². The molecule has 3 heteroatoms. The van der Waals surface area contributed by atoms with Crippen molar-refractivity contribution in [1.82, 2.24) is 9.38 Å². The van der Waals surface area contributed by atoms with Crippen molar-refractivity contribution < 1.29 is 0 Å². The van der Waals surface area contributed by atoms with Crippen molar-refractivity contribution in [3.63, 3.8) is 0 Å². The van der Waals surface area contributed by atoms with E-state index in [-0.39, 0.29) is 5.54 Å². The van der Waals surface area contributed by atoms with Crippen molar-refractivity contribution >= 4 is 11.3 Å². The van der Waals surface area contributed by atoms with E-state index in [0.717, 1.165) is 17.8 Å². The summed E-state index contributed by atoms with van der Waals surface area (Å²) in [4.78, 5) is 4.86. The lowest BCUT2D eigenvalue weighted by Gasteiger charge is -2.36. The van der Waals surface area contributed by atoms with Gasteiger partial charge in [-0.3, -0.25) is 0 Å². The van der Waals surface area contributed by atoms with Crippen LogP contribution >= 0.6 is 0 Å². The first-order chi connectivity index (χ1) is 9.73. The second-order valence-corrected chi connectivity index (χ2v) is 5.59. The van der Waals surface area contributed by atoms with E-state index < -0.39 is 0 Å². The van der Waals surface area contributed by atoms with Crippen LogP contribution in [0, 0.1) is 0 Å². The van der Waals surface area contributed by atoms with Crippen molar-refractivity contribution in [1.29, 1.82) is 0 Å². The predicted molar refractivity (Wildman–Crippen MR) is 81.9 cm³/mol. The van der Waals surface area contributed by atoms with Gasteiger partial charge in [-0.25, -0.2) is 4.98 Å². The lowest BCUT2D eigenvalue weighted by Crippen LogP contribution is -2.35. The van der Waals surface area contributed by atoms with Gasteiger partial charge in [0.1, 0.15) is 5.65 Å². The van der Waals surface area contributed by atoms with Crippen LogP contribution in [-0.4, -0.2) is 9.38 Å². The summed E-state index contributed by atoms with van der Waals surface area (Å²) >= 11 is 0. The molecule has 20 heavy (non-hydrogen) atoms.